The molecule has 0 fully saturated rings. The summed E-state index contributed by atoms with van der Waals surface area (Å²) in [5.41, 5.74) is 9.91. The Hall–Kier alpha value is -2.30. The first kappa shape index (κ1) is 17.5. The van der Waals surface area contributed by atoms with Gasteiger partial charge in [0.1, 0.15) is 8.07 Å². The molecule has 0 N–H and O–H groups in total. The van der Waals surface area contributed by atoms with Gasteiger partial charge in [0.2, 0.25) is 0 Å². The highest BCUT2D eigenvalue weighted by molar-refractivity contribution is 6.83. The van der Waals surface area contributed by atoms with Crippen LogP contribution < -0.4 is 0 Å². The minimum atomic E-state index is -1.42. The van der Waals surface area contributed by atoms with E-state index in [1.807, 2.05) is 0 Å². The predicted octanol–water partition coefficient (Wildman–Crippen LogP) is 6.32. The van der Waals surface area contributed by atoms with Gasteiger partial charge in [-0.25, -0.2) is 0 Å². The summed E-state index contributed by atoms with van der Waals surface area (Å²) in [5.74, 6) is 4.11. The van der Waals surface area contributed by atoms with Crippen molar-refractivity contribution in [1.29, 1.82) is 0 Å². The first-order valence-corrected chi connectivity index (χ1v) is 12.4. The monoisotopic (exact) mass is 342 g/mol. The zero-order valence-electron chi connectivity index (χ0n) is 15.6. The van der Waals surface area contributed by atoms with Crippen LogP contribution in [0.4, 0.5) is 0 Å². The van der Waals surface area contributed by atoms with Crippen LogP contribution in [0.3, 0.4) is 0 Å². The highest BCUT2D eigenvalue weighted by Gasteiger charge is 2.37. The van der Waals surface area contributed by atoms with Gasteiger partial charge in [-0.3, -0.25) is 0 Å². The zero-order chi connectivity index (χ0) is 18.0. The first-order valence-electron chi connectivity index (χ1n) is 8.91. The molecule has 1 heteroatoms. The van der Waals surface area contributed by atoms with Crippen LogP contribution in [0.1, 0.15) is 29.9 Å². The Kier molecular flexibility index (Phi) is 4.84. The minimum absolute atomic E-state index is 0.273. The van der Waals surface area contributed by atoms with E-state index in [4.69, 9.17) is 0 Å². The fraction of sp³-hybridized carbons (Fsp3) is 0.250. The van der Waals surface area contributed by atoms with Crippen LogP contribution in [0.2, 0.25) is 19.6 Å². The average molecular weight is 343 g/mol. The predicted molar refractivity (Wildman–Crippen MR) is 111 cm³/mol. The third-order valence-corrected chi connectivity index (χ3v) is 5.65. The summed E-state index contributed by atoms with van der Waals surface area (Å²) in [7, 11) is -1.42. The molecule has 1 aliphatic carbocycles. The molecule has 0 aromatic heterocycles. The van der Waals surface area contributed by atoms with Crippen molar-refractivity contribution < 1.29 is 0 Å². The van der Waals surface area contributed by atoms with E-state index >= 15 is 0 Å². The molecule has 0 unspecified atom stereocenters. The average Bonchev–Trinajstić information content (AvgIpc) is 2.84. The molecule has 0 saturated heterocycles. The molecule has 0 bridgehead atoms. The molecule has 0 nitrogen and oxygen atoms in total. The third kappa shape index (κ3) is 3.70. The molecular weight excluding hydrogens is 316 g/mol. The topological polar surface area (TPSA) is 0 Å². The third-order valence-electron chi connectivity index (χ3n) is 4.77. The lowest BCUT2D eigenvalue weighted by molar-refractivity contribution is 0.717. The Morgan fingerprint density at radius 1 is 0.800 bits per heavy atom. The van der Waals surface area contributed by atoms with Gasteiger partial charge >= 0.3 is 0 Å². The fourth-order valence-electron chi connectivity index (χ4n) is 3.60. The van der Waals surface area contributed by atoms with Gasteiger partial charge in [0, 0.05) is 17.4 Å². The Morgan fingerprint density at radius 3 is 1.76 bits per heavy atom. The standard InChI is InChI=1S/C24H26Si/c1-18-22(16-17-25(3,4)5)19(2)24(21-14-10-7-11-15-21)23(18)20-12-8-6-9-13-20/h6-15,23-24H,1H2,2-5H3/t23-,24-/m0/s1. The van der Waals surface area contributed by atoms with Crippen molar-refractivity contribution in [3.05, 3.63) is 95.1 Å². The second-order valence-electron chi connectivity index (χ2n) is 7.86. The Morgan fingerprint density at radius 2 is 1.28 bits per heavy atom. The smallest absolute Gasteiger partial charge is 0.127 e. The number of hydrogen-bond donors (Lipinski definition) is 0. The van der Waals surface area contributed by atoms with E-state index in [2.05, 4.69) is 105 Å². The second kappa shape index (κ2) is 6.90. The lowest BCUT2D eigenvalue weighted by Gasteiger charge is -2.23. The molecule has 0 radical (unpaired) electrons. The molecule has 0 heterocycles. The molecular formula is C24H26Si. The highest BCUT2D eigenvalue weighted by atomic mass is 28.3. The maximum atomic E-state index is 4.48. The van der Waals surface area contributed by atoms with E-state index in [9.17, 15) is 0 Å². The lowest BCUT2D eigenvalue weighted by atomic mass is 9.80. The molecule has 3 rings (SSSR count). The summed E-state index contributed by atoms with van der Waals surface area (Å²) in [4.78, 5) is 0. The van der Waals surface area contributed by atoms with Gasteiger partial charge in [-0.15, -0.1) is 5.54 Å². The fourth-order valence-corrected chi connectivity index (χ4v) is 4.10. The van der Waals surface area contributed by atoms with Crippen molar-refractivity contribution in [2.75, 3.05) is 0 Å². The summed E-state index contributed by atoms with van der Waals surface area (Å²) in [6, 6.07) is 21.5. The summed E-state index contributed by atoms with van der Waals surface area (Å²) in [5, 5.41) is 0. The summed E-state index contributed by atoms with van der Waals surface area (Å²) >= 11 is 0. The van der Waals surface area contributed by atoms with Crippen molar-refractivity contribution in [3.63, 3.8) is 0 Å². The molecule has 2 aromatic rings. The van der Waals surface area contributed by atoms with Crippen molar-refractivity contribution in [3.8, 4) is 11.5 Å². The van der Waals surface area contributed by atoms with Gasteiger partial charge in [0.15, 0.2) is 0 Å². The van der Waals surface area contributed by atoms with Crippen LogP contribution in [0.25, 0.3) is 0 Å². The molecule has 126 valence electrons. The highest BCUT2D eigenvalue weighted by Crippen LogP contribution is 2.51. The van der Waals surface area contributed by atoms with Gasteiger partial charge in [-0.1, -0.05) is 92.8 Å². The SMILES string of the molecule is C=C1C(C#C[Si](C)(C)C)=C(C)[C@@H](c2ccccc2)[C@@H]1c1ccccc1. The molecule has 1 aliphatic rings. The van der Waals surface area contributed by atoms with Gasteiger partial charge in [0.05, 0.1) is 0 Å². The molecule has 2 aromatic carbocycles. The molecule has 0 spiro atoms. The van der Waals surface area contributed by atoms with Crippen LogP contribution in [0, 0.1) is 11.5 Å². The van der Waals surface area contributed by atoms with E-state index in [1.54, 1.807) is 0 Å². The zero-order valence-corrected chi connectivity index (χ0v) is 16.6. The van der Waals surface area contributed by atoms with Gasteiger partial charge < -0.3 is 0 Å². The van der Waals surface area contributed by atoms with Crippen LogP contribution in [0.5, 0.6) is 0 Å². The summed E-state index contributed by atoms with van der Waals surface area (Å²) < 4.78 is 0. The molecule has 2 atom stereocenters. The summed E-state index contributed by atoms with van der Waals surface area (Å²) in [6.07, 6.45) is 0. The maximum Gasteiger partial charge on any atom is 0.129 e. The second-order valence-corrected chi connectivity index (χ2v) is 12.6. The van der Waals surface area contributed by atoms with E-state index in [1.165, 1.54) is 27.8 Å². The van der Waals surface area contributed by atoms with E-state index in [0.29, 0.717) is 5.92 Å². The number of benzene rings is 2. The molecule has 0 saturated carbocycles. The van der Waals surface area contributed by atoms with Crippen molar-refractivity contribution >= 4 is 8.07 Å². The number of hydrogen-bond acceptors (Lipinski definition) is 0. The molecule has 0 aliphatic heterocycles. The maximum absolute atomic E-state index is 4.48. The van der Waals surface area contributed by atoms with Crippen molar-refractivity contribution in [1.82, 2.24) is 0 Å². The van der Waals surface area contributed by atoms with Crippen molar-refractivity contribution in [2.24, 2.45) is 0 Å². The van der Waals surface area contributed by atoms with Crippen LogP contribution >= 0.6 is 0 Å². The van der Waals surface area contributed by atoms with E-state index in [-0.39, 0.29) is 5.92 Å². The normalized spacial score (nSPS) is 20.4. The Labute approximate surface area is 153 Å². The van der Waals surface area contributed by atoms with E-state index < -0.39 is 8.07 Å². The van der Waals surface area contributed by atoms with E-state index in [0.717, 1.165) is 0 Å². The van der Waals surface area contributed by atoms with Crippen LogP contribution in [-0.2, 0) is 0 Å². The van der Waals surface area contributed by atoms with Crippen LogP contribution in [-0.4, -0.2) is 8.07 Å². The molecule has 0 amide bonds. The minimum Gasteiger partial charge on any atom is -0.127 e. The van der Waals surface area contributed by atoms with Gasteiger partial charge in [-0.05, 0) is 29.2 Å². The molecule has 25 heavy (non-hydrogen) atoms. The Balaban J connectivity index is 2.13. The largest absolute Gasteiger partial charge is 0.129 e. The Bertz CT molecular complexity index is 855. The van der Waals surface area contributed by atoms with Crippen molar-refractivity contribution in [2.45, 2.75) is 38.4 Å². The first-order chi connectivity index (χ1) is 11.9. The number of allylic oxidation sites excluding steroid dienone is 3. The number of rotatable bonds is 2. The summed E-state index contributed by atoms with van der Waals surface area (Å²) in [6.45, 7) is 13.6. The van der Waals surface area contributed by atoms with Crippen LogP contribution in [0.15, 0.2) is 84.0 Å². The quantitative estimate of drug-likeness (QED) is 0.442. The lowest BCUT2D eigenvalue weighted by Crippen LogP contribution is -2.16. The van der Waals surface area contributed by atoms with Gasteiger partial charge in [0.25, 0.3) is 0 Å². The van der Waals surface area contributed by atoms with Gasteiger partial charge in [-0.2, -0.15) is 0 Å².